The fraction of sp³-hybridized carbons (Fsp3) is 0.929. The minimum absolute atomic E-state index is 0.370. The number of piperidine rings is 1. The molecule has 0 bridgehead atoms. The molecular weight excluding hydrogens is 212 g/mol. The Morgan fingerprint density at radius 2 is 1.82 bits per heavy atom. The molecule has 0 radical (unpaired) electrons. The van der Waals surface area contributed by atoms with Gasteiger partial charge in [-0.3, -0.25) is 4.79 Å². The molecule has 0 unspecified atom stereocenters. The van der Waals surface area contributed by atoms with E-state index in [4.69, 9.17) is 0 Å². The van der Waals surface area contributed by atoms with E-state index in [-0.39, 0.29) is 0 Å². The summed E-state index contributed by atoms with van der Waals surface area (Å²) in [7, 11) is 0. The molecule has 0 atom stereocenters. The Morgan fingerprint density at radius 3 is 2.35 bits per heavy atom. The second-order valence-electron chi connectivity index (χ2n) is 6.12. The Bertz CT molecular complexity index is 251. The third kappa shape index (κ3) is 3.44. The molecule has 0 aromatic carbocycles. The summed E-state index contributed by atoms with van der Waals surface area (Å²) in [5.74, 6) is 0.860. The zero-order valence-corrected chi connectivity index (χ0v) is 11.4. The summed E-state index contributed by atoms with van der Waals surface area (Å²) in [6.45, 7) is 8.98. The summed E-state index contributed by atoms with van der Waals surface area (Å²) >= 11 is 0. The molecule has 0 aliphatic carbocycles. The van der Waals surface area contributed by atoms with Gasteiger partial charge < -0.3 is 9.80 Å². The number of hydrogen-bond acceptors (Lipinski definition) is 1. The Labute approximate surface area is 105 Å². The number of rotatable bonds is 3. The largest absolute Gasteiger partial charge is 0.342 e. The summed E-state index contributed by atoms with van der Waals surface area (Å²) in [4.78, 5) is 15.9. The highest BCUT2D eigenvalue weighted by molar-refractivity contribution is 5.76. The zero-order valence-electron chi connectivity index (χ0n) is 11.4. The first-order valence-electron chi connectivity index (χ1n) is 7.29. The van der Waals surface area contributed by atoms with Crippen LogP contribution in [0.2, 0.25) is 0 Å². The molecule has 3 nitrogen and oxygen atoms in total. The topological polar surface area (TPSA) is 24.8 Å². The standard InChI is InChI=1S/C14H26N2O/c1-12(2)11-14(17)16-9-5-13(6-10-16)15-7-3-4-8-15/h12-13H,3-11H2,1-2H3/p+1. The predicted molar refractivity (Wildman–Crippen MR) is 69.0 cm³/mol. The molecule has 3 heteroatoms. The van der Waals surface area contributed by atoms with Crippen LogP contribution < -0.4 is 4.90 Å². The van der Waals surface area contributed by atoms with E-state index in [1.165, 1.54) is 38.8 Å². The van der Waals surface area contributed by atoms with E-state index >= 15 is 0 Å². The number of nitrogens with zero attached hydrogens (tertiary/aromatic N) is 1. The zero-order chi connectivity index (χ0) is 12.3. The fourth-order valence-electron chi connectivity index (χ4n) is 3.25. The maximum absolute atomic E-state index is 12.0. The normalized spacial score (nSPS) is 23.6. The third-order valence-corrected chi connectivity index (χ3v) is 4.25. The number of amides is 1. The molecule has 2 fully saturated rings. The van der Waals surface area contributed by atoms with Crippen LogP contribution in [0.3, 0.4) is 0 Å². The van der Waals surface area contributed by atoms with Crippen molar-refractivity contribution in [3.05, 3.63) is 0 Å². The lowest BCUT2D eigenvalue weighted by Gasteiger charge is -2.34. The van der Waals surface area contributed by atoms with Gasteiger partial charge in [0.15, 0.2) is 0 Å². The van der Waals surface area contributed by atoms with Crippen molar-refractivity contribution in [3.8, 4) is 0 Å². The number of quaternary nitrogens is 1. The van der Waals surface area contributed by atoms with Crippen LogP contribution in [-0.2, 0) is 4.79 Å². The highest BCUT2D eigenvalue weighted by Gasteiger charge is 2.31. The van der Waals surface area contributed by atoms with Crippen molar-refractivity contribution < 1.29 is 9.69 Å². The van der Waals surface area contributed by atoms with Crippen molar-refractivity contribution in [2.75, 3.05) is 26.2 Å². The molecular formula is C14H27N2O+. The summed E-state index contributed by atoms with van der Waals surface area (Å²) in [5.41, 5.74) is 0. The van der Waals surface area contributed by atoms with Gasteiger partial charge in [-0.1, -0.05) is 13.8 Å². The second-order valence-corrected chi connectivity index (χ2v) is 6.12. The van der Waals surface area contributed by atoms with Gasteiger partial charge in [0, 0.05) is 45.2 Å². The van der Waals surface area contributed by atoms with Crippen LogP contribution in [0.1, 0.15) is 46.0 Å². The summed E-state index contributed by atoms with van der Waals surface area (Å²) in [5, 5.41) is 0. The monoisotopic (exact) mass is 239 g/mol. The molecule has 1 amide bonds. The molecule has 2 aliphatic rings. The molecule has 0 spiro atoms. The van der Waals surface area contributed by atoms with Gasteiger partial charge in [0.1, 0.15) is 0 Å². The highest BCUT2D eigenvalue weighted by Crippen LogP contribution is 2.12. The number of hydrogen-bond donors (Lipinski definition) is 1. The Hall–Kier alpha value is -0.570. The van der Waals surface area contributed by atoms with Crippen LogP contribution in [0.5, 0.6) is 0 Å². The Balaban J connectivity index is 1.75. The SMILES string of the molecule is CC(C)CC(=O)N1CCC([NH+]2CCCC2)CC1. The first kappa shape index (κ1) is 12.9. The first-order chi connectivity index (χ1) is 8.16. The summed E-state index contributed by atoms with van der Waals surface area (Å²) in [6, 6.07) is 0.834. The van der Waals surface area contributed by atoms with Crippen molar-refractivity contribution in [1.82, 2.24) is 4.90 Å². The van der Waals surface area contributed by atoms with Crippen LogP contribution in [0.15, 0.2) is 0 Å². The molecule has 2 saturated heterocycles. The van der Waals surface area contributed by atoms with Gasteiger partial charge in [0.25, 0.3) is 0 Å². The smallest absolute Gasteiger partial charge is 0.222 e. The van der Waals surface area contributed by atoms with Crippen LogP contribution in [0, 0.1) is 5.92 Å². The second kappa shape index (κ2) is 5.85. The minimum atomic E-state index is 0.370. The fourth-order valence-corrected chi connectivity index (χ4v) is 3.25. The maximum atomic E-state index is 12.0. The third-order valence-electron chi connectivity index (χ3n) is 4.25. The molecule has 0 aromatic heterocycles. The van der Waals surface area contributed by atoms with Gasteiger partial charge in [-0.05, 0) is 5.92 Å². The van der Waals surface area contributed by atoms with Gasteiger partial charge >= 0.3 is 0 Å². The molecule has 2 aliphatic heterocycles. The van der Waals surface area contributed by atoms with E-state index in [9.17, 15) is 4.79 Å². The molecule has 2 heterocycles. The number of nitrogens with one attached hydrogen (secondary N) is 1. The van der Waals surface area contributed by atoms with Crippen molar-refractivity contribution in [1.29, 1.82) is 0 Å². The first-order valence-corrected chi connectivity index (χ1v) is 7.29. The molecule has 1 N–H and O–H groups in total. The maximum Gasteiger partial charge on any atom is 0.222 e. The van der Waals surface area contributed by atoms with E-state index in [1.807, 2.05) is 0 Å². The summed E-state index contributed by atoms with van der Waals surface area (Å²) in [6.07, 6.45) is 5.98. The average Bonchev–Trinajstić information content (AvgIpc) is 2.82. The van der Waals surface area contributed by atoms with Crippen LogP contribution in [0.25, 0.3) is 0 Å². The van der Waals surface area contributed by atoms with E-state index < -0.39 is 0 Å². The van der Waals surface area contributed by atoms with Gasteiger partial charge in [-0.15, -0.1) is 0 Å². The average molecular weight is 239 g/mol. The quantitative estimate of drug-likeness (QED) is 0.770. The van der Waals surface area contributed by atoms with Gasteiger partial charge in [0.2, 0.25) is 5.91 Å². The van der Waals surface area contributed by atoms with Crippen molar-refractivity contribution >= 4 is 5.91 Å². The van der Waals surface area contributed by atoms with Crippen LogP contribution in [0.4, 0.5) is 0 Å². The minimum Gasteiger partial charge on any atom is -0.342 e. The molecule has 98 valence electrons. The Morgan fingerprint density at radius 1 is 1.24 bits per heavy atom. The molecule has 2 rings (SSSR count). The van der Waals surface area contributed by atoms with Crippen LogP contribution in [-0.4, -0.2) is 43.0 Å². The highest BCUT2D eigenvalue weighted by atomic mass is 16.2. The number of carbonyl (C=O) groups is 1. The number of carbonyl (C=O) groups excluding carboxylic acids is 1. The lowest BCUT2D eigenvalue weighted by Crippen LogP contribution is -3.14. The van der Waals surface area contributed by atoms with Crippen molar-refractivity contribution in [3.63, 3.8) is 0 Å². The van der Waals surface area contributed by atoms with E-state index in [0.717, 1.165) is 25.6 Å². The van der Waals surface area contributed by atoms with E-state index in [2.05, 4.69) is 18.7 Å². The number of likely N-dealkylation sites (tertiary alicyclic amines) is 2. The van der Waals surface area contributed by atoms with Gasteiger partial charge in [-0.2, -0.15) is 0 Å². The van der Waals surface area contributed by atoms with E-state index in [0.29, 0.717) is 11.8 Å². The van der Waals surface area contributed by atoms with E-state index in [1.54, 1.807) is 4.90 Å². The lowest BCUT2D eigenvalue weighted by molar-refractivity contribution is -0.914. The van der Waals surface area contributed by atoms with Crippen molar-refractivity contribution in [2.45, 2.75) is 52.0 Å². The van der Waals surface area contributed by atoms with Gasteiger partial charge in [-0.25, -0.2) is 0 Å². The summed E-state index contributed by atoms with van der Waals surface area (Å²) < 4.78 is 0. The molecule has 0 saturated carbocycles. The van der Waals surface area contributed by atoms with Crippen molar-refractivity contribution in [2.24, 2.45) is 5.92 Å². The van der Waals surface area contributed by atoms with Gasteiger partial charge in [0.05, 0.1) is 19.1 Å². The Kier molecular flexibility index (Phi) is 4.43. The molecule has 0 aromatic rings. The van der Waals surface area contributed by atoms with Crippen LogP contribution >= 0.6 is 0 Å². The molecule has 17 heavy (non-hydrogen) atoms. The lowest BCUT2D eigenvalue weighted by atomic mass is 10.0. The predicted octanol–water partition coefficient (Wildman–Crippen LogP) is 0.702.